The molecule has 17 heavy (non-hydrogen) atoms. The van der Waals surface area contributed by atoms with E-state index in [2.05, 4.69) is 15.9 Å². The Morgan fingerprint density at radius 2 is 1.94 bits per heavy atom. The zero-order chi connectivity index (χ0) is 12.3. The molecule has 4 heteroatoms. The lowest BCUT2D eigenvalue weighted by Crippen LogP contribution is -1.97. The second kappa shape index (κ2) is 5.29. The molecule has 0 aliphatic heterocycles. The van der Waals surface area contributed by atoms with Gasteiger partial charge in [-0.2, -0.15) is 0 Å². The Balaban J connectivity index is 2.40. The summed E-state index contributed by atoms with van der Waals surface area (Å²) in [4.78, 5) is 12.0. The first-order valence-corrected chi connectivity index (χ1v) is 6.58. The Bertz CT molecular complexity index is 541. The monoisotopic (exact) mass is 308 g/mol. The third kappa shape index (κ3) is 3.05. The van der Waals surface area contributed by atoms with Crippen LogP contribution in [0.4, 0.5) is 0 Å². The van der Waals surface area contributed by atoms with Crippen molar-refractivity contribution in [2.45, 2.75) is 0 Å². The van der Waals surface area contributed by atoms with Crippen LogP contribution in [-0.4, -0.2) is 11.1 Å². The van der Waals surface area contributed by atoms with Gasteiger partial charge in [-0.05, 0) is 35.2 Å². The van der Waals surface area contributed by atoms with E-state index in [1.165, 1.54) is 11.3 Å². The van der Waals surface area contributed by atoms with Crippen LogP contribution in [0.3, 0.4) is 0 Å². The van der Waals surface area contributed by atoms with E-state index < -0.39 is 5.97 Å². The van der Waals surface area contributed by atoms with Crippen LogP contribution in [0.15, 0.2) is 46.3 Å². The van der Waals surface area contributed by atoms with E-state index in [-0.39, 0.29) is 0 Å². The number of carbonyl (C=O) groups is 1. The van der Waals surface area contributed by atoms with Crippen LogP contribution in [0.2, 0.25) is 0 Å². The van der Waals surface area contributed by atoms with Crippen LogP contribution in [-0.2, 0) is 4.79 Å². The van der Waals surface area contributed by atoms with Crippen LogP contribution in [0.1, 0.15) is 10.4 Å². The molecule has 0 fully saturated rings. The van der Waals surface area contributed by atoms with Crippen molar-refractivity contribution in [3.05, 3.63) is 56.7 Å². The molecule has 0 radical (unpaired) electrons. The Morgan fingerprint density at radius 3 is 2.47 bits per heavy atom. The molecule has 2 rings (SSSR count). The maximum Gasteiger partial charge on any atom is 0.337 e. The van der Waals surface area contributed by atoms with E-state index in [1.807, 2.05) is 41.8 Å². The normalized spacial score (nSPS) is 11.5. The number of aliphatic carboxylic acids is 1. The summed E-state index contributed by atoms with van der Waals surface area (Å²) in [5.41, 5.74) is 1.20. The van der Waals surface area contributed by atoms with Gasteiger partial charge in [0.05, 0.1) is 5.57 Å². The molecule has 1 aromatic heterocycles. The SMILES string of the molecule is O=C(O)/C(=C/c1ccc(Br)cc1)c1cccs1. The number of hydrogen-bond donors (Lipinski definition) is 1. The van der Waals surface area contributed by atoms with Gasteiger partial charge in [-0.3, -0.25) is 0 Å². The van der Waals surface area contributed by atoms with Gasteiger partial charge < -0.3 is 5.11 Å². The number of hydrogen-bond acceptors (Lipinski definition) is 2. The summed E-state index contributed by atoms with van der Waals surface area (Å²) in [6.07, 6.45) is 1.68. The molecule has 2 aromatic rings. The number of rotatable bonds is 3. The van der Waals surface area contributed by atoms with Gasteiger partial charge in [-0.15, -0.1) is 11.3 Å². The first kappa shape index (κ1) is 12.1. The quantitative estimate of drug-likeness (QED) is 0.865. The molecule has 0 unspecified atom stereocenters. The maximum atomic E-state index is 11.2. The van der Waals surface area contributed by atoms with Gasteiger partial charge >= 0.3 is 5.97 Å². The Morgan fingerprint density at radius 1 is 1.24 bits per heavy atom. The lowest BCUT2D eigenvalue weighted by Gasteiger charge is -2.00. The van der Waals surface area contributed by atoms with Gasteiger partial charge in [-0.1, -0.05) is 34.1 Å². The number of carboxylic acid groups (broad SMARTS) is 1. The highest BCUT2D eigenvalue weighted by molar-refractivity contribution is 9.10. The summed E-state index contributed by atoms with van der Waals surface area (Å²) in [7, 11) is 0. The first-order chi connectivity index (χ1) is 8.16. The lowest BCUT2D eigenvalue weighted by molar-refractivity contribution is -0.130. The average Bonchev–Trinajstić information content (AvgIpc) is 2.81. The summed E-state index contributed by atoms with van der Waals surface area (Å²) in [5, 5.41) is 11.1. The van der Waals surface area contributed by atoms with Gasteiger partial charge in [0.2, 0.25) is 0 Å². The zero-order valence-corrected chi connectivity index (χ0v) is 11.2. The topological polar surface area (TPSA) is 37.3 Å². The fourth-order valence-corrected chi connectivity index (χ4v) is 2.39. The van der Waals surface area contributed by atoms with Crippen molar-refractivity contribution in [3.8, 4) is 0 Å². The van der Waals surface area contributed by atoms with E-state index in [1.54, 1.807) is 6.08 Å². The van der Waals surface area contributed by atoms with E-state index in [9.17, 15) is 9.90 Å². The molecule has 0 aliphatic rings. The fraction of sp³-hybridized carbons (Fsp3) is 0. The third-order valence-electron chi connectivity index (χ3n) is 2.20. The van der Waals surface area contributed by atoms with Crippen molar-refractivity contribution >= 4 is 44.9 Å². The molecule has 1 aromatic carbocycles. The van der Waals surface area contributed by atoms with Crippen molar-refractivity contribution < 1.29 is 9.90 Å². The molecule has 1 heterocycles. The summed E-state index contributed by atoms with van der Waals surface area (Å²) >= 11 is 4.77. The van der Waals surface area contributed by atoms with Gasteiger partial charge in [-0.25, -0.2) is 4.79 Å². The predicted octanol–water partition coefficient (Wildman–Crippen LogP) is 4.14. The molecular weight excluding hydrogens is 300 g/mol. The van der Waals surface area contributed by atoms with E-state index in [4.69, 9.17) is 0 Å². The van der Waals surface area contributed by atoms with Gasteiger partial charge in [0.15, 0.2) is 0 Å². The van der Waals surface area contributed by atoms with Crippen molar-refractivity contribution in [1.82, 2.24) is 0 Å². The number of carboxylic acids is 1. The Labute approximate surface area is 111 Å². The zero-order valence-electron chi connectivity index (χ0n) is 8.76. The molecular formula is C13H9BrO2S. The highest BCUT2D eigenvalue weighted by Crippen LogP contribution is 2.23. The number of benzene rings is 1. The minimum absolute atomic E-state index is 0.322. The van der Waals surface area contributed by atoms with Crippen molar-refractivity contribution in [3.63, 3.8) is 0 Å². The van der Waals surface area contributed by atoms with Crippen molar-refractivity contribution in [2.75, 3.05) is 0 Å². The average molecular weight is 309 g/mol. The molecule has 2 nitrogen and oxygen atoms in total. The summed E-state index contributed by atoms with van der Waals surface area (Å²) in [5.74, 6) is -0.907. The summed E-state index contributed by atoms with van der Waals surface area (Å²) in [6, 6.07) is 11.2. The Hall–Kier alpha value is -1.39. The van der Waals surface area contributed by atoms with Crippen molar-refractivity contribution in [2.24, 2.45) is 0 Å². The summed E-state index contributed by atoms with van der Waals surface area (Å²) < 4.78 is 0.975. The molecule has 0 bridgehead atoms. The van der Waals surface area contributed by atoms with E-state index >= 15 is 0 Å². The van der Waals surface area contributed by atoms with Crippen molar-refractivity contribution in [1.29, 1.82) is 0 Å². The molecule has 1 N–H and O–H groups in total. The largest absolute Gasteiger partial charge is 0.478 e. The van der Waals surface area contributed by atoms with Gasteiger partial charge in [0.1, 0.15) is 0 Å². The van der Waals surface area contributed by atoms with Crippen LogP contribution in [0, 0.1) is 0 Å². The van der Waals surface area contributed by atoms with E-state index in [0.717, 1.165) is 14.9 Å². The number of halogens is 1. The standard InChI is InChI=1S/C13H9BrO2S/c14-10-5-3-9(4-6-10)8-11(13(15)16)12-2-1-7-17-12/h1-8H,(H,15,16)/b11-8+. The first-order valence-electron chi connectivity index (χ1n) is 4.91. The van der Waals surface area contributed by atoms with Crippen LogP contribution in [0.5, 0.6) is 0 Å². The lowest BCUT2D eigenvalue weighted by atomic mass is 10.1. The summed E-state index contributed by atoms with van der Waals surface area (Å²) in [6.45, 7) is 0. The van der Waals surface area contributed by atoms with Crippen LogP contribution in [0.25, 0.3) is 11.6 Å². The minimum Gasteiger partial charge on any atom is -0.478 e. The van der Waals surface area contributed by atoms with Gasteiger partial charge in [0, 0.05) is 9.35 Å². The predicted molar refractivity (Wildman–Crippen MR) is 74.0 cm³/mol. The Kier molecular flexibility index (Phi) is 3.76. The highest BCUT2D eigenvalue weighted by atomic mass is 79.9. The molecule has 0 amide bonds. The molecule has 86 valence electrons. The highest BCUT2D eigenvalue weighted by Gasteiger charge is 2.10. The van der Waals surface area contributed by atoms with Gasteiger partial charge in [0.25, 0.3) is 0 Å². The molecule has 0 spiro atoms. The maximum absolute atomic E-state index is 11.2. The smallest absolute Gasteiger partial charge is 0.337 e. The molecule has 0 atom stereocenters. The van der Waals surface area contributed by atoms with Crippen LogP contribution >= 0.6 is 27.3 Å². The molecule has 0 aliphatic carbocycles. The van der Waals surface area contributed by atoms with Crippen LogP contribution < -0.4 is 0 Å². The van der Waals surface area contributed by atoms with E-state index in [0.29, 0.717) is 5.57 Å². The molecule has 0 saturated carbocycles. The number of thiophene rings is 1. The second-order valence-corrected chi connectivity index (χ2v) is 5.26. The minimum atomic E-state index is -0.907. The third-order valence-corrected chi connectivity index (χ3v) is 3.63. The second-order valence-electron chi connectivity index (χ2n) is 3.39. The fourth-order valence-electron chi connectivity index (χ4n) is 1.40. The molecule has 0 saturated heterocycles.